The number of tetrazole rings is 1. The monoisotopic (exact) mass is 301 g/mol. The summed E-state index contributed by atoms with van der Waals surface area (Å²) in [6, 6.07) is 3.92. The summed E-state index contributed by atoms with van der Waals surface area (Å²) >= 11 is 11.7. The molecule has 0 saturated carbocycles. The molecule has 0 radical (unpaired) electrons. The molecule has 0 saturated heterocycles. The Balaban J connectivity index is 2.53. The molecule has 1 aromatic carbocycles. The highest BCUT2D eigenvalue weighted by Crippen LogP contribution is 2.20. The van der Waals surface area contributed by atoms with E-state index >= 15 is 0 Å². The minimum absolute atomic E-state index is 0.334. The van der Waals surface area contributed by atoms with Gasteiger partial charge in [-0.05, 0) is 28.6 Å². The van der Waals surface area contributed by atoms with E-state index in [2.05, 4.69) is 10.4 Å². The minimum atomic E-state index is -0.697. The average Bonchev–Trinajstić information content (AvgIpc) is 2.68. The van der Waals surface area contributed by atoms with Gasteiger partial charge in [-0.15, -0.1) is 4.68 Å². The third-order valence-corrected chi connectivity index (χ3v) is 2.67. The van der Waals surface area contributed by atoms with Gasteiger partial charge in [-0.2, -0.15) is 4.68 Å². The summed E-state index contributed by atoms with van der Waals surface area (Å²) < 4.78 is 1.59. The number of amides is 1. The zero-order chi connectivity index (χ0) is 14.2. The van der Waals surface area contributed by atoms with Gasteiger partial charge in [-0.25, -0.2) is 9.59 Å². The molecule has 7 nitrogen and oxygen atoms in total. The third-order valence-electron chi connectivity index (χ3n) is 2.24. The van der Waals surface area contributed by atoms with Crippen LogP contribution in [0.25, 0.3) is 5.69 Å². The lowest BCUT2D eigenvalue weighted by Gasteiger charge is -2.06. The molecule has 2 rings (SSSR count). The zero-order valence-corrected chi connectivity index (χ0v) is 11.6. The van der Waals surface area contributed by atoms with Crippen molar-refractivity contribution in [3.8, 4) is 5.69 Å². The summed E-state index contributed by atoms with van der Waals surface area (Å²) in [7, 11) is 3.01. The molecule has 0 atom stereocenters. The Morgan fingerprint density at radius 3 is 2.26 bits per heavy atom. The van der Waals surface area contributed by atoms with Gasteiger partial charge in [0.25, 0.3) is 0 Å². The number of carbonyl (C=O) groups is 1. The molecular formula is C10H9Cl2N5O2. The molecule has 0 bridgehead atoms. The van der Waals surface area contributed by atoms with Crippen LogP contribution in [-0.4, -0.2) is 44.8 Å². The second-order valence-corrected chi connectivity index (χ2v) is 4.76. The maximum absolute atomic E-state index is 12.0. The molecule has 100 valence electrons. The maximum Gasteiger partial charge on any atom is 0.377 e. The van der Waals surface area contributed by atoms with Gasteiger partial charge in [0, 0.05) is 24.1 Å². The summed E-state index contributed by atoms with van der Waals surface area (Å²) in [6.45, 7) is 0. The van der Waals surface area contributed by atoms with Gasteiger partial charge in [0.1, 0.15) is 0 Å². The van der Waals surface area contributed by atoms with Crippen LogP contribution < -0.4 is 5.69 Å². The second kappa shape index (κ2) is 5.02. The lowest BCUT2D eigenvalue weighted by atomic mass is 10.3. The van der Waals surface area contributed by atoms with E-state index in [1.54, 1.807) is 0 Å². The van der Waals surface area contributed by atoms with Crippen LogP contribution in [-0.2, 0) is 0 Å². The van der Waals surface area contributed by atoms with Gasteiger partial charge in [-0.1, -0.05) is 23.2 Å². The molecule has 19 heavy (non-hydrogen) atoms. The summed E-state index contributed by atoms with van der Waals surface area (Å²) in [6.07, 6.45) is 0. The summed E-state index contributed by atoms with van der Waals surface area (Å²) in [5.74, 6) is 0. The standard InChI is InChI=1S/C10H9Cl2N5O2/c1-15(2)9(18)17-10(19)16(13-14-17)8-4-6(11)3-7(12)5-8/h3-5H,1-2H3. The Labute approximate surface area is 117 Å². The zero-order valence-electron chi connectivity index (χ0n) is 10.0. The SMILES string of the molecule is CN(C)C(=O)n1nnn(-c2cc(Cl)cc(Cl)c2)c1=O. The fraction of sp³-hybridized carbons (Fsp3) is 0.200. The fourth-order valence-corrected chi connectivity index (χ4v) is 1.89. The maximum atomic E-state index is 12.0. The number of rotatable bonds is 1. The topological polar surface area (TPSA) is 73.0 Å². The molecule has 1 heterocycles. The lowest BCUT2D eigenvalue weighted by molar-refractivity contribution is 0.214. The van der Waals surface area contributed by atoms with E-state index in [1.807, 2.05) is 0 Å². The molecule has 0 aliphatic rings. The van der Waals surface area contributed by atoms with Gasteiger partial charge < -0.3 is 4.90 Å². The van der Waals surface area contributed by atoms with Crippen molar-refractivity contribution >= 4 is 29.2 Å². The van der Waals surface area contributed by atoms with Crippen LogP contribution in [0, 0.1) is 0 Å². The first kappa shape index (κ1) is 13.6. The molecule has 0 spiro atoms. The predicted octanol–water partition coefficient (Wildman–Crippen LogP) is 1.27. The second-order valence-electron chi connectivity index (χ2n) is 3.89. The van der Waals surface area contributed by atoms with Crippen LogP contribution in [0.2, 0.25) is 10.0 Å². The van der Waals surface area contributed by atoms with E-state index < -0.39 is 11.7 Å². The number of halogens is 2. The molecule has 0 aliphatic heterocycles. The van der Waals surface area contributed by atoms with E-state index in [1.165, 1.54) is 37.2 Å². The van der Waals surface area contributed by atoms with E-state index in [0.29, 0.717) is 20.4 Å². The van der Waals surface area contributed by atoms with E-state index in [4.69, 9.17) is 23.2 Å². The number of hydrogen-bond acceptors (Lipinski definition) is 4. The Morgan fingerprint density at radius 1 is 1.16 bits per heavy atom. The first-order chi connectivity index (χ1) is 8.90. The quantitative estimate of drug-likeness (QED) is 0.744. The van der Waals surface area contributed by atoms with Gasteiger partial charge in [0.2, 0.25) is 0 Å². The molecule has 1 amide bonds. The van der Waals surface area contributed by atoms with Crippen molar-refractivity contribution in [1.29, 1.82) is 0 Å². The van der Waals surface area contributed by atoms with Gasteiger partial charge in [0.05, 0.1) is 5.69 Å². The predicted molar refractivity (Wildman–Crippen MR) is 70.1 cm³/mol. The van der Waals surface area contributed by atoms with Crippen LogP contribution >= 0.6 is 23.2 Å². The Hall–Kier alpha value is -1.86. The highest BCUT2D eigenvalue weighted by molar-refractivity contribution is 6.34. The molecule has 0 unspecified atom stereocenters. The molecular weight excluding hydrogens is 293 g/mol. The average molecular weight is 302 g/mol. The fourth-order valence-electron chi connectivity index (χ4n) is 1.38. The van der Waals surface area contributed by atoms with E-state index in [-0.39, 0.29) is 0 Å². The van der Waals surface area contributed by atoms with Crippen molar-refractivity contribution < 1.29 is 4.79 Å². The molecule has 9 heteroatoms. The van der Waals surface area contributed by atoms with Crippen molar-refractivity contribution in [2.24, 2.45) is 0 Å². The molecule has 1 aromatic heterocycles. The molecule has 0 aliphatic carbocycles. The van der Waals surface area contributed by atoms with Crippen LogP contribution in [0.3, 0.4) is 0 Å². The number of nitrogens with zero attached hydrogens (tertiary/aromatic N) is 5. The van der Waals surface area contributed by atoms with Crippen molar-refractivity contribution in [3.63, 3.8) is 0 Å². The van der Waals surface area contributed by atoms with Crippen LogP contribution in [0.5, 0.6) is 0 Å². The van der Waals surface area contributed by atoms with E-state index in [0.717, 1.165) is 4.68 Å². The number of carbonyl (C=O) groups excluding carboxylic acids is 1. The van der Waals surface area contributed by atoms with Crippen LogP contribution in [0.4, 0.5) is 4.79 Å². The lowest BCUT2D eigenvalue weighted by Crippen LogP contribution is -2.36. The summed E-state index contributed by atoms with van der Waals surface area (Å²) in [5.41, 5.74) is -0.364. The summed E-state index contributed by atoms with van der Waals surface area (Å²) in [4.78, 5) is 24.9. The van der Waals surface area contributed by atoms with Crippen LogP contribution in [0.15, 0.2) is 23.0 Å². The number of aromatic nitrogens is 4. The largest absolute Gasteiger partial charge is 0.377 e. The summed E-state index contributed by atoms with van der Waals surface area (Å²) in [5, 5.41) is 7.84. The highest BCUT2D eigenvalue weighted by Gasteiger charge is 2.17. The Bertz CT molecular complexity index is 671. The van der Waals surface area contributed by atoms with Crippen molar-refractivity contribution in [2.75, 3.05) is 14.1 Å². The first-order valence-electron chi connectivity index (χ1n) is 5.13. The minimum Gasteiger partial charge on any atom is -0.329 e. The van der Waals surface area contributed by atoms with Crippen molar-refractivity contribution in [3.05, 3.63) is 38.7 Å². The van der Waals surface area contributed by atoms with E-state index in [9.17, 15) is 9.59 Å². The van der Waals surface area contributed by atoms with Gasteiger partial charge >= 0.3 is 11.7 Å². The molecule has 0 N–H and O–H groups in total. The number of benzene rings is 1. The Morgan fingerprint density at radius 2 is 1.74 bits per heavy atom. The van der Waals surface area contributed by atoms with Gasteiger partial charge in [0.15, 0.2) is 0 Å². The van der Waals surface area contributed by atoms with Crippen LogP contribution in [0.1, 0.15) is 0 Å². The van der Waals surface area contributed by atoms with Crippen molar-refractivity contribution in [2.45, 2.75) is 0 Å². The van der Waals surface area contributed by atoms with Gasteiger partial charge in [-0.3, -0.25) is 0 Å². The van der Waals surface area contributed by atoms with Crippen molar-refractivity contribution in [1.82, 2.24) is 24.7 Å². The smallest absolute Gasteiger partial charge is 0.329 e. The molecule has 2 aromatic rings. The number of hydrogen-bond donors (Lipinski definition) is 0. The normalized spacial score (nSPS) is 10.5. The highest BCUT2D eigenvalue weighted by atomic mass is 35.5. The third kappa shape index (κ3) is 2.61. The first-order valence-corrected chi connectivity index (χ1v) is 5.89. The molecule has 0 fully saturated rings. The Kier molecular flexibility index (Phi) is 3.59.